The summed E-state index contributed by atoms with van der Waals surface area (Å²) in [5.41, 5.74) is 5.92. The lowest BCUT2D eigenvalue weighted by Gasteiger charge is -2.34. The molecular weight excluding hydrogens is 256 g/mol. The van der Waals surface area contributed by atoms with Crippen molar-refractivity contribution in [1.82, 2.24) is 4.98 Å². The van der Waals surface area contributed by atoms with Crippen molar-refractivity contribution >= 4 is 5.78 Å². The van der Waals surface area contributed by atoms with E-state index in [9.17, 15) is 4.79 Å². The molecule has 0 aromatic carbocycles. The van der Waals surface area contributed by atoms with Gasteiger partial charge in [-0.2, -0.15) is 0 Å². The van der Waals surface area contributed by atoms with Crippen LogP contribution in [-0.2, 0) is 4.74 Å². The number of ether oxygens (including phenoxy) is 2. The normalized spacial score (nSPS) is 18.0. The van der Waals surface area contributed by atoms with E-state index in [0.717, 1.165) is 0 Å². The summed E-state index contributed by atoms with van der Waals surface area (Å²) >= 11 is 0. The second kappa shape index (κ2) is 6.33. The number of ketones is 1. The second-order valence-corrected chi connectivity index (χ2v) is 5.50. The molecule has 1 aliphatic rings. The number of hydrogen-bond acceptors (Lipinski definition) is 5. The number of carbonyl (C=O) groups excluding carboxylic acids is 1. The van der Waals surface area contributed by atoms with E-state index in [0.29, 0.717) is 43.9 Å². The van der Waals surface area contributed by atoms with Crippen molar-refractivity contribution < 1.29 is 14.3 Å². The molecular formula is C15H22N2O3. The summed E-state index contributed by atoms with van der Waals surface area (Å²) in [4.78, 5) is 16.9. The lowest BCUT2D eigenvalue weighted by atomic mass is 9.74. The van der Waals surface area contributed by atoms with Gasteiger partial charge in [0.1, 0.15) is 5.75 Å². The van der Waals surface area contributed by atoms with Gasteiger partial charge in [-0.15, -0.1) is 0 Å². The Bertz CT molecular complexity index is 468. The Morgan fingerprint density at radius 2 is 2.15 bits per heavy atom. The van der Waals surface area contributed by atoms with Crippen molar-refractivity contribution in [2.75, 3.05) is 19.8 Å². The first-order valence-electron chi connectivity index (χ1n) is 7.02. The Kier molecular flexibility index (Phi) is 4.73. The zero-order chi connectivity index (χ0) is 14.6. The van der Waals surface area contributed by atoms with E-state index in [1.165, 1.54) is 0 Å². The van der Waals surface area contributed by atoms with Crippen LogP contribution in [0.4, 0.5) is 0 Å². The smallest absolute Gasteiger partial charge is 0.172 e. The van der Waals surface area contributed by atoms with E-state index in [4.69, 9.17) is 15.2 Å². The summed E-state index contributed by atoms with van der Waals surface area (Å²) in [7, 11) is 0. The molecule has 1 aromatic heterocycles. The van der Waals surface area contributed by atoms with Gasteiger partial charge in [0.05, 0.1) is 17.7 Å². The third-order valence-electron chi connectivity index (χ3n) is 3.67. The fourth-order valence-corrected chi connectivity index (χ4v) is 2.47. The predicted molar refractivity (Wildman–Crippen MR) is 75.9 cm³/mol. The average Bonchev–Trinajstić information content (AvgIpc) is 2.47. The van der Waals surface area contributed by atoms with E-state index in [2.05, 4.69) is 4.98 Å². The third-order valence-corrected chi connectivity index (χ3v) is 3.67. The lowest BCUT2D eigenvalue weighted by Crippen LogP contribution is -2.43. The first kappa shape index (κ1) is 14.9. The first-order valence-corrected chi connectivity index (χ1v) is 7.02. The average molecular weight is 278 g/mol. The van der Waals surface area contributed by atoms with Gasteiger partial charge in [-0.3, -0.25) is 9.78 Å². The fraction of sp³-hybridized carbons (Fsp3) is 0.600. The topological polar surface area (TPSA) is 74.4 Å². The van der Waals surface area contributed by atoms with Crippen LogP contribution in [0.25, 0.3) is 0 Å². The molecule has 5 nitrogen and oxygen atoms in total. The van der Waals surface area contributed by atoms with Gasteiger partial charge < -0.3 is 15.2 Å². The van der Waals surface area contributed by atoms with Crippen LogP contribution in [0.15, 0.2) is 18.5 Å². The van der Waals surface area contributed by atoms with Gasteiger partial charge in [0.2, 0.25) is 0 Å². The molecule has 1 saturated heterocycles. The van der Waals surface area contributed by atoms with Crippen molar-refractivity contribution in [2.45, 2.75) is 32.8 Å². The van der Waals surface area contributed by atoms with E-state index in [-0.39, 0.29) is 11.9 Å². The van der Waals surface area contributed by atoms with Crippen LogP contribution in [0.1, 0.15) is 37.0 Å². The van der Waals surface area contributed by atoms with E-state index >= 15 is 0 Å². The minimum Gasteiger partial charge on any atom is -0.489 e. The molecule has 0 spiro atoms. The Hall–Kier alpha value is -1.46. The second-order valence-electron chi connectivity index (χ2n) is 5.50. The highest BCUT2D eigenvalue weighted by Gasteiger charge is 2.39. The van der Waals surface area contributed by atoms with Crippen LogP contribution < -0.4 is 10.5 Å². The number of rotatable bonds is 5. The summed E-state index contributed by atoms with van der Waals surface area (Å²) in [5, 5.41) is 0. The third kappa shape index (κ3) is 3.16. The van der Waals surface area contributed by atoms with Crippen LogP contribution in [0, 0.1) is 5.41 Å². The molecule has 0 unspecified atom stereocenters. The Morgan fingerprint density at radius 1 is 1.45 bits per heavy atom. The summed E-state index contributed by atoms with van der Waals surface area (Å²) in [6.07, 6.45) is 4.58. The molecule has 1 fully saturated rings. The number of Topliss-reactive ketones (excluding diaryl/α,β-unsaturated/α-hetero) is 1. The molecule has 0 bridgehead atoms. The summed E-state index contributed by atoms with van der Waals surface area (Å²) in [6.45, 7) is 5.38. The zero-order valence-electron chi connectivity index (χ0n) is 12.1. The first-order chi connectivity index (χ1) is 9.57. The van der Waals surface area contributed by atoms with Crippen LogP contribution in [0.2, 0.25) is 0 Å². The minimum atomic E-state index is -0.517. The van der Waals surface area contributed by atoms with Crippen molar-refractivity contribution in [2.24, 2.45) is 11.1 Å². The maximum atomic E-state index is 12.8. The van der Waals surface area contributed by atoms with Gasteiger partial charge in [-0.05, 0) is 32.8 Å². The number of hydrogen-bond donors (Lipinski definition) is 1. The zero-order valence-corrected chi connectivity index (χ0v) is 12.1. The highest BCUT2D eigenvalue weighted by molar-refractivity contribution is 6.00. The molecule has 0 radical (unpaired) electrons. The van der Waals surface area contributed by atoms with Gasteiger partial charge in [0.15, 0.2) is 5.78 Å². The summed E-state index contributed by atoms with van der Waals surface area (Å²) < 4.78 is 10.9. The van der Waals surface area contributed by atoms with Gasteiger partial charge >= 0.3 is 0 Å². The van der Waals surface area contributed by atoms with Gasteiger partial charge in [0, 0.05) is 31.5 Å². The highest BCUT2D eigenvalue weighted by Crippen LogP contribution is 2.33. The molecule has 1 aliphatic heterocycles. The lowest BCUT2D eigenvalue weighted by molar-refractivity contribution is 0.0200. The van der Waals surface area contributed by atoms with Crippen molar-refractivity contribution in [3.8, 4) is 5.75 Å². The monoisotopic (exact) mass is 278 g/mol. The molecule has 20 heavy (non-hydrogen) atoms. The largest absolute Gasteiger partial charge is 0.489 e. The molecule has 0 aliphatic carbocycles. The molecule has 110 valence electrons. The highest BCUT2D eigenvalue weighted by atomic mass is 16.5. The summed E-state index contributed by atoms with van der Waals surface area (Å²) in [6, 6.07) is 1.75. The molecule has 0 atom stereocenters. The van der Waals surface area contributed by atoms with Crippen molar-refractivity contribution in [3.05, 3.63) is 24.0 Å². The Balaban J connectivity index is 2.23. The quantitative estimate of drug-likeness (QED) is 0.831. The molecule has 2 N–H and O–H groups in total. The number of nitrogens with two attached hydrogens (primary N) is 1. The minimum absolute atomic E-state index is 0.0463. The van der Waals surface area contributed by atoms with Crippen LogP contribution in [0.5, 0.6) is 5.75 Å². The van der Waals surface area contributed by atoms with Crippen LogP contribution in [0.3, 0.4) is 0 Å². The number of pyridine rings is 1. The van der Waals surface area contributed by atoms with Crippen LogP contribution >= 0.6 is 0 Å². The molecule has 0 saturated carbocycles. The number of carbonyl (C=O) groups is 1. The van der Waals surface area contributed by atoms with E-state index in [1.807, 2.05) is 13.8 Å². The Morgan fingerprint density at radius 3 is 2.75 bits per heavy atom. The fourth-order valence-electron chi connectivity index (χ4n) is 2.47. The SMILES string of the molecule is CC(C)Oc1cncc(C(=O)C2(CN)CCOCC2)c1. The molecule has 2 rings (SSSR count). The van der Waals surface area contributed by atoms with E-state index in [1.54, 1.807) is 18.5 Å². The molecule has 1 aromatic rings. The van der Waals surface area contributed by atoms with Crippen molar-refractivity contribution in [1.29, 1.82) is 0 Å². The molecule has 5 heteroatoms. The summed E-state index contributed by atoms with van der Waals surface area (Å²) in [5.74, 6) is 0.662. The van der Waals surface area contributed by atoms with Crippen molar-refractivity contribution in [3.63, 3.8) is 0 Å². The van der Waals surface area contributed by atoms with E-state index < -0.39 is 5.41 Å². The standard InChI is InChI=1S/C15H22N2O3/c1-11(2)20-13-7-12(8-17-9-13)14(18)15(10-16)3-5-19-6-4-15/h7-9,11H,3-6,10,16H2,1-2H3. The predicted octanol–water partition coefficient (Wildman–Crippen LogP) is 1.81. The maximum Gasteiger partial charge on any atom is 0.172 e. The van der Waals surface area contributed by atoms with Gasteiger partial charge in [-0.25, -0.2) is 0 Å². The molecule has 2 heterocycles. The Labute approximate surface area is 119 Å². The maximum absolute atomic E-state index is 12.8. The van der Waals surface area contributed by atoms with Crippen LogP contribution in [-0.4, -0.2) is 36.6 Å². The number of aromatic nitrogens is 1. The van der Waals surface area contributed by atoms with Gasteiger partial charge in [-0.1, -0.05) is 0 Å². The number of nitrogens with zero attached hydrogens (tertiary/aromatic N) is 1. The van der Waals surface area contributed by atoms with Gasteiger partial charge in [0.25, 0.3) is 0 Å². The molecule has 0 amide bonds.